The molecule has 7 nitrogen and oxygen atoms in total. The Labute approximate surface area is 164 Å². The summed E-state index contributed by atoms with van der Waals surface area (Å²) in [6.07, 6.45) is 1.38. The highest BCUT2D eigenvalue weighted by Crippen LogP contribution is 2.22. The average Bonchev–Trinajstić information content (AvgIpc) is 3.13. The minimum absolute atomic E-state index is 0.0814. The monoisotopic (exact) mass is 401 g/mol. The molecule has 1 saturated heterocycles. The van der Waals surface area contributed by atoms with Gasteiger partial charge in [-0.25, -0.2) is 13.1 Å². The van der Waals surface area contributed by atoms with E-state index >= 15 is 0 Å². The van der Waals surface area contributed by atoms with Crippen LogP contribution in [-0.2, 0) is 27.1 Å². The van der Waals surface area contributed by atoms with Gasteiger partial charge in [-0.2, -0.15) is 0 Å². The molecule has 0 unspecified atom stereocenters. The van der Waals surface area contributed by atoms with E-state index in [1.807, 2.05) is 6.07 Å². The fourth-order valence-corrected chi connectivity index (χ4v) is 3.84. The Bertz CT molecular complexity index is 971. The number of benzene rings is 2. The van der Waals surface area contributed by atoms with Crippen LogP contribution in [0, 0.1) is 0 Å². The van der Waals surface area contributed by atoms with E-state index in [2.05, 4.69) is 10.0 Å². The number of amides is 2. The molecule has 1 fully saturated rings. The van der Waals surface area contributed by atoms with Crippen LogP contribution in [0.5, 0.6) is 0 Å². The fourth-order valence-electron chi connectivity index (χ4n) is 3.07. The highest BCUT2D eigenvalue weighted by Gasteiger charge is 2.22. The van der Waals surface area contributed by atoms with Gasteiger partial charge in [-0.05, 0) is 42.8 Å². The lowest BCUT2D eigenvalue weighted by Crippen LogP contribution is -2.25. The maximum absolute atomic E-state index is 12.5. The first kappa shape index (κ1) is 20.0. The second-order valence-electron chi connectivity index (χ2n) is 6.66. The van der Waals surface area contributed by atoms with Gasteiger partial charge in [0.15, 0.2) is 0 Å². The number of sulfonamides is 1. The van der Waals surface area contributed by atoms with Crippen molar-refractivity contribution in [2.24, 2.45) is 0 Å². The van der Waals surface area contributed by atoms with Gasteiger partial charge in [0.05, 0.1) is 5.75 Å². The Kier molecular flexibility index (Phi) is 6.11. The number of hydrogen-bond donors (Lipinski definition) is 2. The van der Waals surface area contributed by atoms with Crippen molar-refractivity contribution < 1.29 is 18.0 Å². The molecule has 0 atom stereocenters. The third kappa shape index (κ3) is 4.96. The van der Waals surface area contributed by atoms with Crippen LogP contribution in [-0.4, -0.2) is 33.8 Å². The van der Waals surface area contributed by atoms with Crippen LogP contribution < -0.4 is 14.9 Å². The molecule has 1 aliphatic rings. The summed E-state index contributed by atoms with van der Waals surface area (Å²) in [5, 5.41) is 2.85. The normalized spacial score (nSPS) is 14.3. The third-order valence-electron chi connectivity index (χ3n) is 4.64. The van der Waals surface area contributed by atoms with Gasteiger partial charge in [-0.3, -0.25) is 9.59 Å². The molecule has 2 aromatic carbocycles. The first-order valence-electron chi connectivity index (χ1n) is 9.05. The molecule has 2 aromatic rings. The van der Waals surface area contributed by atoms with Crippen molar-refractivity contribution in [3.8, 4) is 0 Å². The summed E-state index contributed by atoms with van der Waals surface area (Å²) < 4.78 is 25.4. The van der Waals surface area contributed by atoms with E-state index in [4.69, 9.17) is 0 Å². The van der Waals surface area contributed by atoms with Crippen molar-refractivity contribution in [2.45, 2.75) is 25.1 Å². The number of rotatable bonds is 7. The molecule has 0 saturated carbocycles. The Balaban J connectivity index is 1.60. The standard InChI is InChI=1S/C20H23N3O4S/c1-21-28(26,27)14-16-9-7-15(8-10-16)13-22-20(25)17-4-2-5-18(12-17)23-11-3-6-19(23)24/h2,4-5,7-10,12,21H,3,6,11,13-14H2,1H3,(H,22,25). The topological polar surface area (TPSA) is 95.6 Å². The van der Waals surface area contributed by atoms with E-state index in [1.54, 1.807) is 47.4 Å². The second-order valence-corrected chi connectivity index (χ2v) is 8.59. The molecule has 1 heterocycles. The predicted molar refractivity (Wildman–Crippen MR) is 107 cm³/mol. The molecule has 0 spiro atoms. The van der Waals surface area contributed by atoms with Gasteiger partial charge in [0.1, 0.15) is 0 Å². The molecule has 28 heavy (non-hydrogen) atoms. The lowest BCUT2D eigenvalue weighted by atomic mass is 10.1. The van der Waals surface area contributed by atoms with E-state index in [1.165, 1.54) is 7.05 Å². The molecule has 1 aliphatic heterocycles. The number of nitrogens with zero attached hydrogens (tertiary/aromatic N) is 1. The van der Waals surface area contributed by atoms with Crippen LogP contribution in [0.1, 0.15) is 34.3 Å². The van der Waals surface area contributed by atoms with Gasteiger partial charge in [0.25, 0.3) is 5.91 Å². The number of carbonyl (C=O) groups excluding carboxylic acids is 2. The molecule has 2 N–H and O–H groups in total. The lowest BCUT2D eigenvalue weighted by Gasteiger charge is -2.16. The maximum Gasteiger partial charge on any atom is 0.251 e. The quantitative estimate of drug-likeness (QED) is 0.739. The number of nitrogens with one attached hydrogen (secondary N) is 2. The highest BCUT2D eigenvalue weighted by atomic mass is 32.2. The van der Waals surface area contributed by atoms with Crippen molar-refractivity contribution in [3.05, 3.63) is 65.2 Å². The molecular formula is C20H23N3O4S. The SMILES string of the molecule is CNS(=O)(=O)Cc1ccc(CNC(=O)c2cccc(N3CCCC3=O)c2)cc1. The van der Waals surface area contributed by atoms with Crippen LogP contribution in [0.25, 0.3) is 0 Å². The molecule has 3 rings (SSSR count). The lowest BCUT2D eigenvalue weighted by molar-refractivity contribution is -0.117. The molecular weight excluding hydrogens is 378 g/mol. The summed E-state index contributed by atoms with van der Waals surface area (Å²) in [5.41, 5.74) is 2.77. The first-order chi connectivity index (χ1) is 13.4. The van der Waals surface area contributed by atoms with Gasteiger partial charge < -0.3 is 10.2 Å². The van der Waals surface area contributed by atoms with Gasteiger partial charge >= 0.3 is 0 Å². The first-order valence-corrected chi connectivity index (χ1v) is 10.7. The summed E-state index contributed by atoms with van der Waals surface area (Å²) in [5.74, 6) is -0.230. The maximum atomic E-state index is 12.5. The third-order valence-corrected chi connectivity index (χ3v) is 5.97. The van der Waals surface area contributed by atoms with Gasteiger partial charge in [-0.1, -0.05) is 30.3 Å². The van der Waals surface area contributed by atoms with Crippen LogP contribution in [0.15, 0.2) is 48.5 Å². The van der Waals surface area contributed by atoms with E-state index in [-0.39, 0.29) is 17.6 Å². The molecule has 0 bridgehead atoms. The average molecular weight is 401 g/mol. The van der Waals surface area contributed by atoms with E-state index in [9.17, 15) is 18.0 Å². The summed E-state index contributed by atoms with van der Waals surface area (Å²) in [6, 6.07) is 14.1. The molecule has 0 aliphatic carbocycles. The zero-order valence-corrected chi connectivity index (χ0v) is 16.5. The summed E-state index contributed by atoms with van der Waals surface area (Å²) in [7, 11) is -1.93. The van der Waals surface area contributed by atoms with Gasteiger partial charge in [-0.15, -0.1) is 0 Å². The van der Waals surface area contributed by atoms with E-state index in [0.29, 0.717) is 30.6 Å². The van der Waals surface area contributed by atoms with E-state index < -0.39 is 10.0 Å². The Morgan fingerprint density at radius 1 is 1.11 bits per heavy atom. The largest absolute Gasteiger partial charge is 0.348 e. The smallest absolute Gasteiger partial charge is 0.251 e. The number of carbonyl (C=O) groups is 2. The summed E-state index contributed by atoms with van der Waals surface area (Å²) in [4.78, 5) is 26.0. The minimum Gasteiger partial charge on any atom is -0.348 e. The van der Waals surface area contributed by atoms with Crippen molar-refractivity contribution >= 4 is 27.5 Å². The summed E-state index contributed by atoms with van der Waals surface area (Å²) >= 11 is 0. The number of anilines is 1. The van der Waals surface area contributed by atoms with Crippen LogP contribution in [0.2, 0.25) is 0 Å². The van der Waals surface area contributed by atoms with Gasteiger partial charge in [0, 0.05) is 30.8 Å². The Morgan fingerprint density at radius 2 is 1.82 bits per heavy atom. The van der Waals surface area contributed by atoms with E-state index in [0.717, 1.165) is 17.7 Å². The van der Waals surface area contributed by atoms with Crippen LogP contribution in [0.3, 0.4) is 0 Å². The van der Waals surface area contributed by atoms with Crippen molar-refractivity contribution in [1.29, 1.82) is 0 Å². The van der Waals surface area contributed by atoms with Crippen molar-refractivity contribution in [2.75, 3.05) is 18.5 Å². The zero-order valence-electron chi connectivity index (χ0n) is 15.6. The van der Waals surface area contributed by atoms with Crippen LogP contribution >= 0.6 is 0 Å². The Morgan fingerprint density at radius 3 is 2.46 bits per heavy atom. The van der Waals surface area contributed by atoms with Crippen molar-refractivity contribution in [3.63, 3.8) is 0 Å². The summed E-state index contributed by atoms with van der Waals surface area (Å²) in [6.45, 7) is 1.00. The predicted octanol–water partition coefficient (Wildman–Crippen LogP) is 1.79. The second kappa shape index (κ2) is 8.53. The minimum atomic E-state index is -3.31. The Hall–Kier alpha value is -2.71. The zero-order chi connectivity index (χ0) is 20.1. The molecule has 0 radical (unpaired) electrons. The molecule has 2 amide bonds. The molecule has 148 valence electrons. The number of hydrogen-bond acceptors (Lipinski definition) is 4. The van der Waals surface area contributed by atoms with Crippen molar-refractivity contribution in [1.82, 2.24) is 10.0 Å². The highest BCUT2D eigenvalue weighted by molar-refractivity contribution is 7.88. The van der Waals surface area contributed by atoms with Gasteiger partial charge in [0.2, 0.25) is 15.9 Å². The molecule has 8 heteroatoms. The van der Waals surface area contributed by atoms with Crippen LogP contribution in [0.4, 0.5) is 5.69 Å². The molecule has 0 aromatic heterocycles. The fraction of sp³-hybridized carbons (Fsp3) is 0.300.